The lowest BCUT2D eigenvalue weighted by atomic mass is 10.1. The number of hydrogen-bond acceptors (Lipinski definition) is 4. The Bertz CT molecular complexity index is 929. The quantitative estimate of drug-likeness (QED) is 0.695. The van der Waals surface area contributed by atoms with Crippen LogP contribution in [-0.2, 0) is 6.54 Å². The number of Topliss-reactive ketones (excluding diaryl/α,β-unsaturated/α-hetero) is 1. The van der Waals surface area contributed by atoms with Gasteiger partial charge in [-0.2, -0.15) is 0 Å². The number of carbonyl (C=O) groups excluding carboxylic acids is 1. The minimum atomic E-state index is -0.179. The number of benzene rings is 2. The number of hydrogen-bond donors (Lipinski definition) is 0. The zero-order chi connectivity index (χ0) is 15.7. The summed E-state index contributed by atoms with van der Waals surface area (Å²) in [5, 5.41) is 8.61. The fourth-order valence-electron chi connectivity index (χ4n) is 2.36. The summed E-state index contributed by atoms with van der Waals surface area (Å²) in [6.07, 6.45) is 0. The van der Waals surface area contributed by atoms with Crippen LogP contribution in [0.3, 0.4) is 0 Å². The third kappa shape index (κ3) is 2.65. The number of fused-ring (bicyclic) bond motifs is 1. The lowest BCUT2D eigenvalue weighted by Crippen LogP contribution is -2.25. The predicted octanol–water partition coefficient (Wildman–Crippen LogP) is 2.35. The molecule has 0 fully saturated rings. The number of aryl methyl sites for hydroxylation is 1. The summed E-state index contributed by atoms with van der Waals surface area (Å²) in [7, 11) is 0. The zero-order valence-corrected chi connectivity index (χ0v) is 12.4. The number of rotatable bonds is 3. The van der Waals surface area contributed by atoms with E-state index >= 15 is 0 Å². The molecule has 5 heteroatoms. The van der Waals surface area contributed by atoms with Crippen LogP contribution in [0.15, 0.2) is 47.3 Å². The Morgan fingerprint density at radius 2 is 2.00 bits per heavy atom. The maximum absolute atomic E-state index is 12.5. The molecule has 0 N–H and O–H groups in total. The molecule has 1 aromatic heterocycles. The van der Waals surface area contributed by atoms with Gasteiger partial charge < -0.3 is 0 Å². The summed E-state index contributed by atoms with van der Waals surface area (Å²) in [6.45, 7) is 3.74. The monoisotopic (exact) mass is 293 g/mol. The zero-order valence-electron chi connectivity index (χ0n) is 12.4. The van der Waals surface area contributed by atoms with E-state index in [2.05, 4.69) is 10.3 Å². The molecule has 0 radical (unpaired) electrons. The lowest BCUT2D eigenvalue weighted by molar-refractivity contribution is 0.101. The van der Waals surface area contributed by atoms with Crippen molar-refractivity contribution >= 4 is 16.7 Å². The van der Waals surface area contributed by atoms with E-state index in [1.54, 1.807) is 24.3 Å². The highest BCUT2D eigenvalue weighted by Crippen LogP contribution is 2.10. The van der Waals surface area contributed by atoms with Gasteiger partial charge in [-0.05, 0) is 37.6 Å². The van der Waals surface area contributed by atoms with Gasteiger partial charge in [0.15, 0.2) is 5.78 Å². The summed E-state index contributed by atoms with van der Waals surface area (Å²) in [5.41, 5.74) is 2.88. The molecule has 0 spiro atoms. The normalized spacial score (nSPS) is 10.8. The van der Waals surface area contributed by atoms with Crippen molar-refractivity contribution in [2.75, 3.05) is 0 Å². The van der Waals surface area contributed by atoms with Gasteiger partial charge in [0.1, 0.15) is 5.52 Å². The molecule has 0 saturated heterocycles. The summed E-state index contributed by atoms with van der Waals surface area (Å²) >= 11 is 0. The van der Waals surface area contributed by atoms with Gasteiger partial charge in [-0.25, -0.2) is 4.68 Å². The second-order valence-electron chi connectivity index (χ2n) is 5.33. The molecule has 0 saturated carbocycles. The first-order chi connectivity index (χ1) is 10.5. The minimum absolute atomic E-state index is 0.00517. The second-order valence-corrected chi connectivity index (χ2v) is 5.33. The topological polar surface area (TPSA) is 64.8 Å². The van der Waals surface area contributed by atoms with Crippen LogP contribution in [-0.4, -0.2) is 20.8 Å². The molecule has 0 aliphatic carbocycles. The van der Waals surface area contributed by atoms with E-state index in [1.807, 2.05) is 25.1 Å². The van der Waals surface area contributed by atoms with E-state index in [-0.39, 0.29) is 17.9 Å². The fourth-order valence-corrected chi connectivity index (χ4v) is 2.36. The average molecular weight is 293 g/mol. The van der Waals surface area contributed by atoms with E-state index in [0.29, 0.717) is 16.5 Å². The summed E-state index contributed by atoms with van der Waals surface area (Å²) < 4.78 is 1.32. The van der Waals surface area contributed by atoms with Crippen molar-refractivity contribution in [3.8, 4) is 0 Å². The maximum Gasteiger partial charge on any atom is 0.277 e. The first-order valence-corrected chi connectivity index (χ1v) is 6.98. The van der Waals surface area contributed by atoms with Crippen LogP contribution in [0.2, 0.25) is 0 Å². The number of ketones is 1. The molecule has 0 aliphatic rings. The van der Waals surface area contributed by atoms with Crippen LogP contribution < -0.4 is 5.56 Å². The van der Waals surface area contributed by atoms with E-state index in [9.17, 15) is 9.59 Å². The lowest BCUT2D eigenvalue weighted by Gasteiger charge is -2.06. The van der Waals surface area contributed by atoms with Crippen molar-refractivity contribution < 1.29 is 4.79 Å². The highest BCUT2D eigenvalue weighted by atomic mass is 16.1. The second kappa shape index (κ2) is 5.52. The van der Waals surface area contributed by atoms with Crippen molar-refractivity contribution in [1.29, 1.82) is 0 Å². The Kier molecular flexibility index (Phi) is 3.55. The van der Waals surface area contributed by atoms with Gasteiger partial charge in [-0.3, -0.25) is 9.59 Å². The van der Waals surface area contributed by atoms with Crippen molar-refractivity contribution in [2.24, 2.45) is 0 Å². The maximum atomic E-state index is 12.5. The van der Waals surface area contributed by atoms with Crippen LogP contribution in [0.25, 0.3) is 10.9 Å². The molecule has 3 rings (SSSR count). The molecule has 0 atom stereocenters. The number of carbonyl (C=O) groups is 1. The molecule has 0 aliphatic heterocycles. The van der Waals surface area contributed by atoms with Gasteiger partial charge >= 0.3 is 0 Å². The van der Waals surface area contributed by atoms with Crippen molar-refractivity contribution in [3.63, 3.8) is 0 Å². The van der Waals surface area contributed by atoms with Gasteiger partial charge in [-0.15, -0.1) is 5.10 Å². The van der Waals surface area contributed by atoms with Gasteiger partial charge in [0, 0.05) is 5.56 Å². The Balaban J connectivity index is 2.04. The Morgan fingerprint density at radius 3 is 2.77 bits per heavy atom. The Hall–Kier alpha value is -2.82. The summed E-state index contributed by atoms with van der Waals surface area (Å²) in [6, 6.07) is 12.7. The van der Waals surface area contributed by atoms with E-state index < -0.39 is 0 Å². The third-order valence-corrected chi connectivity index (χ3v) is 3.54. The van der Waals surface area contributed by atoms with E-state index in [1.165, 1.54) is 11.6 Å². The third-order valence-electron chi connectivity index (χ3n) is 3.54. The number of aromatic nitrogens is 3. The molecule has 0 unspecified atom stereocenters. The highest BCUT2D eigenvalue weighted by Gasteiger charge is 2.07. The van der Waals surface area contributed by atoms with Gasteiger partial charge in [0.25, 0.3) is 5.56 Å². The average Bonchev–Trinajstić information content (AvgIpc) is 2.51. The highest BCUT2D eigenvalue weighted by molar-refractivity contribution is 5.94. The molecule has 0 amide bonds. The summed E-state index contributed by atoms with van der Waals surface area (Å²) in [5.74, 6) is -0.00517. The standard InChI is InChI=1S/C17H15N3O2/c1-11-6-7-16-15(8-11)17(22)20(19-18-16)10-13-4-3-5-14(9-13)12(2)21/h3-9H,10H2,1-2H3. The largest absolute Gasteiger partial charge is 0.295 e. The van der Waals surface area contributed by atoms with Gasteiger partial charge in [0.05, 0.1) is 11.9 Å². The molecule has 22 heavy (non-hydrogen) atoms. The van der Waals surface area contributed by atoms with Crippen molar-refractivity contribution in [3.05, 3.63) is 69.5 Å². The van der Waals surface area contributed by atoms with Crippen LogP contribution in [0.1, 0.15) is 28.4 Å². The van der Waals surface area contributed by atoms with E-state index in [0.717, 1.165) is 11.1 Å². The van der Waals surface area contributed by atoms with Crippen LogP contribution in [0.5, 0.6) is 0 Å². The van der Waals surface area contributed by atoms with E-state index in [4.69, 9.17) is 0 Å². The predicted molar refractivity (Wildman–Crippen MR) is 84.1 cm³/mol. The Labute approximate surface area is 127 Å². The molecular formula is C17H15N3O2. The summed E-state index contributed by atoms with van der Waals surface area (Å²) in [4.78, 5) is 23.9. The molecule has 3 aromatic rings. The van der Waals surface area contributed by atoms with Gasteiger partial charge in [0.2, 0.25) is 0 Å². The molecular weight excluding hydrogens is 278 g/mol. The van der Waals surface area contributed by atoms with Crippen LogP contribution in [0, 0.1) is 6.92 Å². The molecule has 1 heterocycles. The molecule has 110 valence electrons. The number of nitrogens with zero attached hydrogens (tertiary/aromatic N) is 3. The van der Waals surface area contributed by atoms with Crippen LogP contribution in [0.4, 0.5) is 0 Å². The van der Waals surface area contributed by atoms with Crippen molar-refractivity contribution in [1.82, 2.24) is 15.0 Å². The van der Waals surface area contributed by atoms with Gasteiger partial charge in [-0.1, -0.05) is 35.0 Å². The molecule has 0 bridgehead atoms. The first-order valence-electron chi connectivity index (χ1n) is 6.98. The molecule has 5 nitrogen and oxygen atoms in total. The molecule has 2 aromatic carbocycles. The van der Waals surface area contributed by atoms with Crippen molar-refractivity contribution in [2.45, 2.75) is 20.4 Å². The minimum Gasteiger partial charge on any atom is -0.295 e. The van der Waals surface area contributed by atoms with Crippen LogP contribution >= 0.6 is 0 Å². The SMILES string of the molecule is CC(=O)c1cccc(Cn2nnc3ccc(C)cc3c2=O)c1. The smallest absolute Gasteiger partial charge is 0.277 e. The Morgan fingerprint density at radius 1 is 1.18 bits per heavy atom. The first kappa shape index (κ1) is 14.1. The fraction of sp³-hybridized carbons (Fsp3) is 0.176.